The van der Waals surface area contributed by atoms with Crippen LogP contribution in [0, 0.1) is 0 Å². The predicted molar refractivity (Wildman–Crippen MR) is 60.7 cm³/mol. The Balaban J connectivity index is 3.92. The third-order valence-electron chi connectivity index (χ3n) is 1.45. The van der Waals surface area contributed by atoms with Crippen LogP contribution in [-0.4, -0.2) is 0 Å². The molecule has 0 aliphatic rings. The van der Waals surface area contributed by atoms with E-state index in [1.807, 2.05) is 0 Å². The third kappa shape index (κ3) is 5.62. The van der Waals surface area contributed by atoms with E-state index in [1.165, 1.54) is 5.57 Å². The lowest BCUT2D eigenvalue weighted by molar-refractivity contribution is 0.995. The van der Waals surface area contributed by atoms with Gasteiger partial charge in [-0.2, -0.15) is 0 Å². The van der Waals surface area contributed by atoms with Gasteiger partial charge < -0.3 is 0 Å². The Morgan fingerprint density at radius 2 is 2.08 bits per heavy atom. The molecule has 0 aromatic heterocycles. The molecule has 0 unspecified atom stereocenters. The van der Waals surface area contributed by atoms with Crippen LogP contribution in [-0.2, 0) is 0 Å². The average molecular weight is 250 g/mol. The smallest absolute Gasteiger partial charge is 0.0144 e. The van der Waals surface area contributed by atoms with Crippen LogP contribution < -0.4 is 0 Å². The summed E-state index contributed by atoms with van der Waals surface area (Å²) in [5.41, 5.74) is 3.98. The summed E-state index contributed by atoms with van der Waals surface area (Å²) in [6.45, 7) is 7.95. The highest BCUT2D eigenvalue weighted by Crippen LogP contribution is 2.21. The number of hydrogen-bond acceptors (Lipinski definition) is 0. The van der Waals surface area contributed by atoms with Crippen LogP contribution in [0.1, 0.15) is 26.7 Å². The van der Waals surface area contributed by atoms with Crippen LogP contribution >= 0.6 is 27.5 Å². The number of halogens is 2. The quantitative estimate of drug-likeness (QED) is 0.497. The van der Waals surface area contributed by atoms with Gasteiger partial charge in [-0.25, -0.2) is 0 Å². The zero-order valence-corrected chi connectivity index (χ0v) is 9.87. The van der Waals surface area contributed by atoms with Gasteiger partial charge in [0.05, 0.1) is 0 Å². The molecule has 2 heteroatoms. The summed E-state index contributed by atoms with van der Waals surface area (Å²) in [6, 6.07) is 0. The molecule has 0 saturated carbocycles. The van der Waals surface area contributed by atoms with E-state index in [2.05, 4.69) is 42.4 Å². The SMILES string of the molecule is C=C(Br)/C(=C\Cl)CCC=C(C)C. The van der Waals surface area contributed by atoms with Gasteiger partial charge in [0, 0.05) is 10.0 Å². The molecule has 0 heterocycles. The van der Waals surface area contributed by atoms with Gasteiger partial charge in [-0.15, -0.1) is 0 Å². The fourth-order valence-corrected chi connectivity index (χ4v) is 1.45. The summed E-state index contributed by atoms with van der Waals surface area (Å²) in [5, 5.41) is 0. The molecule has 0 aromatic rings. The summed E-state index contributed by atoms with van der Waals surface area (Å²) in [4.78, 5) is 0. The Hall–Kier alpha value is -0.0100. The summed E-state index contributed by atoms with van der Waals surface area (Å²) >= 11 is 8.90. The molecule has 0 aliphatic carbocycles. The summed E-state index contributed by atoms with van der Waals surface area (Å²) in [5.74, 6) is 0. The Labute approximate surface area is 88.1 Å². The van der Waals surface area contributed by atoms with E-state index in [0.29, 0.717) is 0 Å². The highest BCUT2D eigenvalue weighted by atomic mass is 79.9. The molecule has 0 nitrogen and oxygen atoms in total. The Morgan fingerprint density at radius 1 is 1.50 bits per heavy atom. The fourth-order valence-electron chi connectivity index (χ4n) is 0.766. The normalized spacial score (nSPS) is 11.2. The maximum atomic E-state index is 5.60. The minimum absolute atomic E-state index is 0.875. The average Bonchev–Trinajstić information content (AvgIpc) is 1.96. The first-order chi connectivity index (χ1) is 5.57. The van der Waals surface area contributed by atoms with E-state index in [1.54, 1.807) is 5.54 Å². The topological polar surface area (TPSA) is 0 Å². The Kier molecular flexibility index (Phi) is 6.49. The van der Waals surface area contributed by atoms with Gasteiger partial charge in [0.15, 0.2) is 0 Å². The lowest BCUT2D eigenvalue weighted by Crippen LogP contribution is -1.80. The molecule has 0 amide bonds. The van der Waals surface area contributed by atoms with Gasteiger partial charge in [-0.1, -0.05) is 45.8 Å². The van der Waals surface area contributed by atoms with Crippen molar-refractivity contribution in [3.63, 3.8) is 0 Å². The lowest BCUT2D eigenvalue weighted by Gasteiger charge is -2.00. The first kappa shape index (κ1) is 12.0. The number of hydrogen-bond donors (Lipinski definition) is 0. The molecular weight excluding hydrogens is 235 g/mol. The maximum absolute atomic E-state index is 5.60. The minimum Gasteiger partial charge on any atom is -0.0926 e. The van der Waals surface area contributed by atoms with Crippen molar-refractivity contribution in [3.8, 4) is 0 Å². The molecule has 0 aromatic carbocycles. The molecule has 68 valence electrons. The molecule has 0 bridgehead atoms. The molecule has 0 rings (SSSR count). The van der Waals surface area contributed by atoms with Gasteiger partial charge in [-0.3, -0.25) is 0 Å². The molecule has 0 radical (unpaired) electrons. The van der Waals surface area contributed by atoms with E-state index in [-0.39, 0.29) is 0 Å². The zero-order valence-electron chi connectivity index (χ0n) is 7.53. The molecule has 0 spiro atoms. The summed E-state index contributed by atoms with van der Waals surface area (Å²) < 4.78 is 0.875. The zero-order chi connectivity index (χ0) is 9.56. The van der Waals surface area contributed by atoms with Crippen molar-refractivity contribution in [2.75, 3.05) is 0 Å². The van der Waals surface area contributed by atoms with Gasteiger partial charge in [0.2, 0.25) is 0 Å². The summed E-state index contributed by atoms with van der Waals surface area (Å²) in [7, 11) is 0. The van der Waals surface area contributed by atoms with Gasteiger partial charge in [0.1, 0.15) is 0 Å². The number of rotatable bonds is 4. The second-order valence-electron chi connectivity index (χ2n) is 2.86. The van der Waals surface area contributed by atoms with Crippen molar-refractivity contribution in [3.05, 3.63) is 33.8 Å². The third-order valence-corrected chi connectivity index (χ3v) is 2.22. The van der Waals surface area contributed by atoms with Crippen molar-refractivity contribution in [1.29, 1.82) is 0 Å². The second kappa shape index (κ2) is 6.50. The van der Waals surface area contributed by atoms with Crippen molar-refractivity contribution in [2.24, 2.45) is 0 Å². The fraction of sp³-hybridized carbons (Fsp3) is 0.400. The lowest BCUT2D eigenvalue weighted by atomic mass is 10.1. The molecule has 0 N–H and O–H groups in total. The van der Waals surface area contributed by atoms with E-state index in [9.17, 15) is 0 Å². The van der Waals surface area contributed by atoms with Crippen LogP contribution in [0.15, 0.2) is 33.8 Å². The molecule has 0 fully saturated rings. The maximum Gasteiger partial charge on any atom is 0.0144 e. The van der Waals surface area contributed by atoms with E-state index in [0.717, 1.165) is 22.9 Å². The first-order valence-corrected chi connectivity index (χ1v) is 5.08. The Morgan fingerprint density at radius 3 is 2.42 bits per heavy atom. The monoisotopic (exact) mass is 248 g/mol. The van der Waals surface area contributed by atoms with Gasteiger partial charge in [-0.05, 0) is 32.3 Å². The molecule has 0 aliphatic heterocycles. The van der Waals surface area contributed by atoms with Crippen LogP contribution in [0.2, 0.25) is 0 Å². The van der Waals surface area contributed by atoms with Crippen LogP contribution in [0.25, 0.3) is 0 Å². The molecule has 0 atom stereocenters. The van der Waals surface area contributed by atoms with E-state index >= 15 is 0 Å². The first-order valence-electron chi connectivity index (χ1n) is 3.85. The van der Waals surface area contributed by atoms with Crippen LogP contribution in [0.5, 0.6) is 0 Å². The highest BCUT2D eigenvalue weighted by molar-refractivity contribution is 9.11. The molecular formula is C10H14BrCl. The Bertz CT molecular complexity index is 210. The van der Waals surface area contributed by atoms with Crippen molar-refractivity contribution >= 4 is 27.5 Å². The van der Waals surface area contributed by atoms with Crippen LogP contribution in [0.3, 0.4) is 0 Å². The second-order valence-corrected chi connectivity index (χ2v) is 4.03. The van der Waals surface area contributed by atoms with Crippen LogP contribution in [0.4, 0.5) is 0 Å². The van der Waals surface area contributed by atoms with Crippen molar-refractivity contribution < 1.29 is 0 Å². The highest BCUT2D eigenvalue weighted by Gasteiger charge is 1.96. The van der Waals surface area contributed by atoms with Crippen molar-refractivity contribution in [1.82, 2.24) is 0 Å². The largest absolute Gasteiger partial charge is 0.0926 e. The predicted octanol–water partition coefficient (Wildman–Crippen LogP) is 4.76. The minimum atomic E-state index is 0.875. The number of allylic oxidation sites excluding steroid dienone is 4. The van der Waals surface area contributed by atoms with Gasteiger partial charge in [0.25, 0.3) is 0 Å². The van der Waals surface area contributed by atoms with E-state index < -0.39 is 0 Å². The standard InChI is InChI=1S/C10H14BrCl/c1-8(2)5-4-6-10(7-12)9(3)11/h5,7H,3-4,6H2,1-2H3/b10-7-. The molecule has 12 heavy (non-hydrogen) atoms. The van der Waals surface area contributed by atoms with Crippen molar-refractivity contribution in [2.45, 2.75) is 26.7 Å². The van der Waals surface area contributed by atoms with Gasteiger partial charge >= 0.3 is 0 Å². The molecule has 0 saturated heterocycles. The van der Waals surface area contributed by atoms with E-state index in [4.69, 9.17) is 11.6 Å². The summed E-state index contributed by atoms with van der Waals surface area (Å²) in [6.07, 6.45) is 4.15.